The third-order valence-electron chi connectivity index (χ3n) is 5.72. The Hall–Kier alpha value is -3.89. The molecule has 34 heavy (non-hydrogen) atoms. The fraction of sp³-hybridized carbons (Fsp3) is 0.222. The Morgan fingerprint density at radius 2 is 1.94 bits per heavy atom. The van der Waals surface area contributed by atoms with Gasteiger partial charge in [0.1, 0.15) is 18.9 Å². The van der Waals surface area contributed by atoms with Crippen LogP contribution in [0.3, 0.4) is 0 Å². The molecule has 0 N–H and O–H groups in total. The number of benzene rings is 2. The van der Waals surface area contributed by atoms with Crippen LogP contribution in [0.15, 0.2) is 75.7 Å². The minimum absolute atomic E-state index is 0.0743. The number of hydrogen-bond acceptors (Lipinski definition) is 7. The Labute approximate surface area is 202 Å². The molecule has 2 aromatic carbocycles. The second kappa shape index (κ2) is 9.94. The van der Waals surface area contributed by atoms with Gasteiger partial charge in [-0.05, 0) is 54.5 Å². The van der Waals surface area contributed by atoms with E-state index < -0.39 is 0 Å². The molecule has 5 rings (SSSR count). The lowest BCUT2D eigenvalue weighted by Crippen LogP contribution is -2.07. The average Bonchev–Trinajstić information content (AvgIpc) is 3.53. The molecule has 0 saturated heterocycles. The highest BCUT2D eigenvalue weighted by Crippen LogP contribution is 2.34. The summed E-state index contributed by atoms with van der Waals surface area (Å²) in [6.07, 6.45) is 4.21. The van der Waals surface area contributed by atoms with E-state index in [1.165, 1.54) is 10.1 Å². The van der Waals surface area contributed by atoms with Gasteiger partial charge in [-0.25, -0.2) is 0 Å². The van der Waals surface area contributed by atoms with Gasteiger partial charge < -0.3 is 4.74 Å². The number of rotatable bonds is 7. The van der Waals surface area contributed by atoms with Gasteiger partial charge in [0.15, 0.2) is 0 Å². The molecule has 0 unspecified atom stereocenters. The monoisotopic (exact) mass is 465 g/mol. The summed E-state index contributed by atoms with van der Waals surface area (Å²) in [7, 11) is 0. The normalized spacial score (nSPS) is 13.4. The molecule has 0 spiro atoms. The van der Waals surface area contributed by atoms with E-state index >= 15 is 0 Å². The van der Waals surface area contributed by atoms with E-state index in [2.05, 4.69) is 73.0 Å². The van der Waals surface area contributed by atoms with Gasteiger partial charge in [-0.15, -0.1) is 22.4 Å². The van der Waals surface area contributed by atoms with Crippen molar-refractivity contribution in [3.63, 3.8) is 0 Å². The number of hydrogen-bond donors (Lipinski definition) is 0. The zero-order valence-corrected chi connectivity index (χ0v) is 19.8. The molecule has 6 nitrogen and oxygen atoms in total. The maximum atomic E-state index is 6.10. The fourth-order valence-electron chi connectivity index (χ4n) is 3.99. The van der Waals surface area contributed by atoms with Crippen molar-refractivity contribution in [2.24, 2.45) is 15.4 Å². The molecule has 168 valence electrons. The number of aromatic nitrogens is 2. The van der Waals surface area contributed by atoms with Crippen molar-refractivity contribution < 1.29 is 4.74 Å². The van der Waals surface area contributed by atoms with E-state index in [9.17, 15) is 0 Å². The minimum atomic E-state index is 0.0743. The zero-order valence-electron chi connectivity index (χ0n) is 19.0. The van der Waals surface area contributed by atoms with Gasteiger partial charge in [0.05, 0.1) is 23.0 Å². The van der Waals surface area contributed by atoms with Crippen molar-refractivity contribution in [3.8, 4) is 28.8 Å². The number of aryl methyl sites for hydroxylation is 1. The highest BCUT2D eigenvalue weighted by Gasteiger charge is 2.15. The van der Waals surface area contributed by atoms with Crippen molar-refractivity contribution >= 4 is 27.1 Å². The van der Waals surface area contributed by atoms with Crippen LogP contribution < -0.4 is 4.74 Å². The van der Waals surface area contributed by atoms with Crippen LogP contribution in [0.4, 0.5) is 0 Å². The lowest BCUT2D eigenvalue weighted by molar-refractivity contribution is 0.306. The van der Waals surface area contributed by atoms with Gasteiger partial charge in [0.2, 0.25) is 0 Å². The van der Waals surface area contributed by atoms with Crippen molar-refractivity contribution in [1.29, 1.82) is 0 Å². The SMILES string of the molecule is CC#C[C@@H](CC1=NN=NC1)c1ccc(OCc2ccc3scc(-c4nccnc4C)c3c2)cc1. The van der Waals surface area contributed by atoms with E-state index in [1.54, 1.807) is 23.7 Å². The first-order valence-corrected chi connectivity index (χ1v) is 11.9. The van der Waals surface area contributed by atoms with Crippen LogP contribution >= 0.6 is 11.3 Å². The average molecular weight is 466 g/mol. The molecule has 1 aliphatic heterocycles. The summed E-state index contributed by atoms with van der Waals surface area (Å²) in [6.45, 7) is 4.90. The molecule has 0 amide bonds. The first kappa shape index (κ1) is 21.9. The molecule has 3 heterocycles. The Kier molecular flexibility index (Phi) is 6.41. The van der Waals surface area contributed by atoms with Gasteiger partial charge in [-0.1, -0.05) is 24.1 Å². The van der Waals surface area contributed by atoms with Gasteiger partial charge in [-0.3, -0.25) is 9.97 Å². The van der Waals surface area contributed by atoms with E-state index in [0.717, 1.165) is 46.0 Å². The number of thiophene rings is 1. The third-order valence-corrected chi connectivity index (χ3v) is 6.69. The summed E-state index contributed by atoms with van der Waals surface area (Å²) in [4.78, 5) is 8.94. The standard InChI is InChI=1S/C27H23N5OS/c1-3-4-21(14-22-15-30-32-31-22)20-6-8-23(9-7-20)33-16-19-5-10-26-24(13-19)25(17-34-26)27-18(2)28-11-12-29-27/h5-13,17,21H,14-16H2,1-2H3/t21-/m0/s1. The predicted octanol–water partition coefficient (Wildman–Crippen LogP) is 6.56. The van der Waals surface area contributed by atoms with Crippen LogP contribution in [-0.4, -0.2) is 22.2 Å². The summed E-state index contributed by atoms with van der Waals surface area (Å²) in [5, 5.41) is 15.1. The Morgan fingerprint density at radius 3 is 2.71 bits per heavy atom. The highest BCUT2D eigenvalue weighted by molar-refractivity contribution is 7.17. The van der Waals surface area contributed by atoms with Crippen LogP contribution in [0.5, 0.6) is 5.75 Å². The topological polar surface area (TPSA) is 72.1 Å². The molecule has 0 radical (unpaired) electrons. The first-order chi connectivity index (χ1) is 16.7. The molecule has 2 aromatic heterocycles. The second-order valence-electron chi connectivity index (χ2n) is 8.03. The van der Waals surface area contributed by atoms with Crippen LogP contribution in [-0.2, 0) is 6.61 Å². The molecule has 1 aliphatic rings. The van der Waals surface area contributed by atoms with Crippen molar-refractivity contribution in [2.45, 2.75) is 32.8 Å². The maximum Gasteiger partial charge on any atom is 0.119 e. The molecular weight excluding hydrogens is 442 g/mol. The fourth-order valence-corrected chi connectivity index (χ4v) is 4.92. The largest absolute Gasteiger partial charge is 0.489 e. The maximum absolute atomic E-state index is 6.10. The summed E-state index contributed by atoms with van der Waals surface area (Å²) in [5.74, 6) is 7.20. The lowest BCUT2D eigenvalue weighted by atomic mass is 9.94. The highest BCUT2D eigenvalue weighted by atomic mass is 32.1. The van der Waals surface area contributed by atoms with Crippen molar-refractivity contribution in [2.75, 3.05) is 6.54 Å². The van der Waals surface area contributed by atoms with Crippen molar-refractivity contribution in [3.05, 3.63) is 77.1 Å². The summed E-state index contributed by atoms with van der Waals surface area (Å²) < 4.78 is 7.33. The number of nitrogens with zero attached hydrogens (tertiary/aromatic N) is 5. The molecular formula is C27H23N5OS. The molecule has 1 atom stereocenters. The molecule has 4 aromatic rings. The van der Waals surface area contributed by atoms with Gasteiger partial charge in [0.25, 0.3) is 0 Å². The van der Waals surface area contributed by atoms with Gasteiger partial charge >= 0.3 is 0 Å². The van der Waals surface area contributed by atoms with E-state index in [0.29, 0.717) is 13.2 Å². The predicted molar refractivity (Wildman–Crippen MR) is 136 cm³/mol. The molecule has 0 bridgehead atoms. The Morgan fingerprint density at radius 1 is 1.09 bits per heavy atom. The lowest BCUT2D eigenvalue weighted by Gasteiger charge is -2.12. The summed E-state index contributed by atoms with van der Waals surface area (Å²) in [6, 6.07) is 14.6. The van der Waals surface area contributed by atoms with E-state index in [-0.39, 0.29) is 5.92 Å². The van der Waals surface area contributed by atoms with E-state index in [1.807, 2.05) is 26.0 Å². The number of ether oxygens (including phenoxy) is 1. The van der Waals surface area contributed by atoms with Crippen LogP contribution in [0, 0.1) is 18.8 Å². The molecule has 7 heteroatoms. The minimum Gasteiger partial charge on any atom is -0.489 e. The van der Waals surface area contributed by atoms with Crippen LogP contribution in [0.25, 0.3) is 21.3 Å². The zero-order chi connectivity index (χ0) is 23.3. The van der Waals surface area contributed by atoms with Crippen LogP contribution in [0.2, 0.25) is 0 Å². The quantitative estimate of drug-likeness (QED) is 0.290. The molecule has 0 aliphatic carbocycles. The number of fused-ring (bicyclic) bond motifs is 1. The molecule has 0 fully saturated rings. The molecule has 0 saturated carbocycles. The van der Waals surface area contributed by atoms with Gasteiger partial charge in [-0.2, -0.15) is 5.11 Å². The van der Waals surface area contributed by atoms with Crippen molar-refractivity contribution in [1.82, 2.24) is 9.97 Å². The second-order valence-corrected chi connectivity index (χ2v) is 8.95. The van der Waals surface area contributed by atoms with Crippen LogP contribution in [0.1, 0.15) is 36.1 Å². The summed E-state index contributed by atoms with van der Waals surface area (Å²) >= 11 is 1.72. The smallest absolute Gasteiger partial charge is 0.119 e. The van der Waals surface area contributed by atoms with E-state index in [4.69, 9.17) is 4.74 Å². The third kappa shape index (κ3) is 4.73. The summed E-state index contributed by atoms with van der Waals surface area (Å²) in [5.41, 5.74) is 6.19. The Bertz CT molecular complexity index is 1440. The van der Waals surface area contributed by atoms with Gasteiger partial charge in [0, 0.05) is 39.8 Å². The Balaban J connectivity index is 1.30. The first-order valence-electron chi connectivity index (χ1n) is 11.1.